The summed E-state index contributed by atoms with van der Waals surface area (Å²) in [6.07, 6.45) is 0.104. The molecule has 2 atom stereocenters. The van der Waals surface area contributed by atoms with Gasteiger partial charge >= 0.3 is 12.1 Å². The fourth-order valence-corrected chi connectivity index (χ4v) is 6.46. The third-order valence-corrected chi connectivity index (χ3v) is 8.10. The van der Waals surface area contributed by atoms with Gasteiger partial charge in [0.2, 0.25) is 5.91 Å². The van der Waals surface area contributed by atoms with Crippen molar-refractivity contribution in [2.24, 2.45) is 5.92 Å². The number of hydrogen-bond acceptors (Lipinski definition) is 5. The van der Waals surface area contributed by atoms with Gasteiger partial charge in [-0.25, -0.2) is 18.9 Å². The molecule has 3 aliphatic heterocycles. The molecule has 182 valence electrons. The van der Waals surface area contributed by atoms with E-state index in [1.54, 1.807) is 59.2 Å². The van der Waals surface area contributed by atoms with Crippen molar-refractivity contribution < 1.29 is 23.5 Å². The highest BCUT2D eigenvalue weighted by Gasteiger charge is 2.53. The van der Waals surface area contributed by atoms with Crippen LogP contribution >= 0.6 is 23.4 Å². The maximum atomic E-state index is 14.6. The number of thioether (sulfide) groups is 1. The summed E-state index contributed by atoms with van der Waals surface area (Å²) in [5, 5.41) is -0.0372. The van der Waals surface area contributed by atoms with Crippen molar-refractivity contribution in [2.75, 3.05) is 24.6 Å². The fourth-order valence-electron chi connectivity index (χ4n) is 4.73. The van der Waals surface area contributed by atoms with Crippen molar-refractivity contribution >= 4 is 47.1 Å². The number of imide groups is 1. The van der Waals surface area contributed by atoms with Gasteiger partial charge in [0.25, 0.3) is 0 Å². The minimum Gasteiger partial charge on any atom is -0.450 e. The second-order valence-corrected chi connectivity index (χ2v) is 10.1. The van der Waals surface area contributed by atoms with E-state index in [0.29, 0.717) is 35.8 Å². The molecule has 0 N–H and O–H groups in total. The maximum absolute atomic E-state index is 14.6. The van der Waals surface area contributed by atoms with Gasteiger partial charge < -0.3 is 14.5 Å². The molecule has 4 amide bonds. The highest BCUT2D eigenvalue weighted by atomic mass is 35.5. The van der Waals surface area contributed by atoms with E-state index in [0.717, 1.165) is 15.4 Å². The van der Waals surface area contributed by atoms with Gasteiger partial charge in [0.1, 0.15) is 5.82 Å². The molecule has 2 unspecified atom stereocenters. The van der Waals surface area contributed by atoms with Gasteiger partial charge in [0, 0.05) is 22.0 Å². The SMILES string of the molecule is CCOC(=O)N1CCC2=C(C1)SC1C2C(=O)N(c2ccc(Cl)cc2)C(=O)N1Cc1ccccc1F. The molecule has 1 saturated heterocycles. The smallest absolute Gasteiger partial charge is 0.410 e. The topological polar surface area (TPSA) is 70.2 Å². The summed E-state index contributed by atoms with van der Waals surface area (Å²) in [5.74, 6) is -1.32. The van der Waals surface area contributed by atoms with Gasteiger partial charge in [-0.2, -0.15) is 0 Å². The molecule has 0 bridgehead atoms. The first-order chi connectivity index (χ1) is 16.9. The number of hydrogen-bond donors (Lipinski definition) is 0. The summed E-state index contributed by atoms with van der Waals surface area (Å²) in [6.45, 7) is 2.79. The maximum Gasteiger partial charge on any atom is 0.410 e. The number of benzene rings is 2. The lowest BCUT2D eigenvalue weighted by Gasteiger charge is -2.42. The van der Waals surface area contributed by atoms with E-state index >= 15 is 0 Å². The summed E-state index contributed by atoms with van der Waals surface area (Å²) >= 11 is 7.43. The summed E-state index contributed by atoms with van der Waals surface area (Å²) in [6, 6.07) is 12.3. The lowest BCUT2D eigenvalue weighted by molar-refractivity contribution is -0.122. The molecule has 0 aliphatic carbocycles. The zero-order chi connectivity index (χ0) is 24.7. The van der Waals surface area contributed by atoms with Crippen molar-refractivity contribution in [3.05, 3.63) is 75.4 Å². The highest BCUT2D eigenvalue weighted by molar-refractivity contribution is 8.04. The zero-order valence-electron chi connectivity index (χ0n) is 18.9. The molecular weight excluding hydrogens is 493 g/mol. The second kappa shape index (κ2) is 9.54. The normalized spacial score (nSPS) is 21.9. The number of ether oxygens (including phenoxy) is 1. The number of nitrogens with zero attached hydrogens (tertiary/aromatic N) is 3. The van der Waals surface area contributed by atoms with E-state index < -0.39 is 29.2 Å². The molecule has 1 fully saturated rings. The zero-order valence-corrected chi connectivity index (χ0v) is 20.5. The standard InChI is InChI=1S/C25H23ClFN3O4S/c1-2-34-25(33)28-12-11-18-20(14-28)35-23-21(18)22(31)30(17-9-7-16(26)8-10-17)24(32)29(23)13-15-5-3-4-6-19(15)27/h3-10,21,23H,2,11-14H2,1H3. The fraction of sp³-hybridized carbons (Fsp3) is 0.320. The van der Waals surface area contributed by atoms with Crippen LogP contribution in [0.5, 0.6) is 0 Å². The Labute approximate surface area is 211 Å². The third kappa shape index (κ3) is 4.27. The van der Waals surface area contributed by atoms with Crippen LogP contribution in [0.2, 0.25) is 5.02 Å². The Bertz CT molecular complexity index is 1220. The molecule has 0 aromatic heterocycles. The van der Waals surface area contributed by atoms with Crippen LogP contribution in [0.15, 0.2) is 59.0 Å². The van der Waals surface area contributed by atoms with Crippen LogP contribution < -0.4 is 4.90 Å². The Morgan fingerprint density at radius 2 is 1.91 bits per heavy atom. The Hall–Kier alpha value is -3.04. The number of carbonyl (C=O) groups excluding carboxylic acids is 3. The lowest BCUT2D eigenvalue weighted by Crippen LogP contribution is -2.60. The van der Waals surface area contributed by atoms with Crippen LogP contribution in [0.1, 0.15) is 18.9 Å². The number of carbonyl (C=O) groups is 3. The molecule has 3 heterocycles. The molecule has 2 aromatic rings. The van der Waals surface area contributed by atoms with Crippen LogP contribution in [-0.2, 0) is 16.1 Å². The highest BCUT2D eigenvalue weighted by Crippen LogP contribution is 2.51. The quantitative estimate of drug-likeness (QED) is 0.556. The molecule has 7 nitrogen and oxygen atoms in total. The summed E-state index contributed by atoms with van der Waals surface area (Å²) in [4.78, 5) is 45.0. The predicted molar refractivity (Wildman–Crippen MR) is 131 cm³/mol. The first-order valence-electron chi connectivity index (χ1n) is 11.3. The minimum absolute atomic E-state index is 0.0131. The van der Waals surface area contributed by atoms with Crippen LogP contribution in [0, 0.1) is 11.7 Å². The molecule has 0 saturated carbocycles. The van der Waals surface area contributed by atoms with E-state index in [1.165, 1.54) is 17.8 Å². The molecule has 0 spiro atoms. The lowest BCUT2D eigenvalue weighted by atomic mass is 9.90. The Balaban J connectivity index is 1.52. The first-order valence-corrected chi connectivity index (χ1v) is 12.6. The van der Waals surface area contributed by atoms with Gasteiger partial charge in [-0.1, -0.05) is 29.8 Å². The van der Waals surface area contributed by atoms with E-state index in [1.807, 2.05) is 0 Å². The van der Waals surface area contributed by atoms with Crippen LogP contribution in [0.3, 0.4) is 0 Å². The largest absolute Gasteiger partial charge is 0.450 e. The number of halogens is 2. The van der Waals surface area contributed by atoms with E-state index in [9.17, 15) is 18.8 Å². The molecule has 35 heavy (non-hydrogen) atoms. The van der Waals surface area contributed by atoms with Crippen LogP contribution in [0.25, 0.3) is 0 Å². The average molecular weight is 516 g/mol. The van der Waals surface area contributed by atoms with Crippen LogP contribution in [-0.4, -0.2) is 52.9 Å². The van der Waals surface area contributed by atoms with Crippen molar-refractivity contribution in [2.45, 2.75) is 25.3 Å². The molecule has 10 heteroatoms. The van der Waals surface area contributed by atoms with Crippen molar-refractivity contribution in [3.8, 4) is 0 Å². The van der Waals surface area contributed by atoms with Crippen molar-refractivity contribution in [1.82, 2.24) is 9.80 Å². The van der Waals surface area contributed by atoms with Crippen LogP contribution in [0.4, 0.5) is 19.7 Å². The number of rotatable bonds is 4. The summed E-state index contributed by atoms with van der Waals surface area (Å²) in [5.41, 5.74) is 1.70. The molecular formula is C25H23ClFN3O4S. The summed E-state index contributed by atoms with van der Waals surface area (Å²) in [7, 11) is 0. The Morgan fingerprint density at radius 1 is 1.17 bits per heavy atom. The predicted octanol–water partition coefficient (Wildman–Crippen LogP) is 5.25. The second-order valence-electron chi connectivity index (χ2n) is 8.46. The van der Waals surface area contributed by atoms with Gasteiger partial charge in [-0.15, -0.1) is 11.8 Å². The number of amides is 4. The number of fused-ring (bicyclic) bond motifs is 2. The number of anilines is 1. The van der Waals surface area contributed by atoms with E-state index in [4.69, 9.17) is 16.3 Å². The van der Waals surface area contributed by atoms with E-state index in [2.05, 4.69) is 0 Å². The molecule has 5 rings (SSSR count). The van der Waals surface area contributed by atoms with E-state index in [-0.39, 0.29) is 19.1 Å². The van der Waals surface area contributed by atoms with Gasteiger partial charge in [-0.3, -0.25) is 4.79 Å². The third-order valence-electron chi connectivity index (χ3n) is 6.41. The average Bonchev–Trinajstić information content (AvgIpc) is 3.23. The Kier molecular flexibility index (Phi) is 6.46. The minimum atomic E-state index is -0.584. The van der Waals surface area contributed by atoms with Crippen molar-refractivity contribution in [3.63, 3.8) is 0 Å². The monoisotopic (exact) mass is 515 g/mol. The number of urea groups is 1. The first kappa shape index (κ1) is 23.7. The van der Waals surface area contributed by atoms with Gasteiger partial charge in [0.15, 0.2) is 0 Å². The Morgan fingerprint density at radius 3 is 2.63 bits per heavy atom. The summed E-state index contributed by atoms with van der Waals surface area (Å²) < 4.78 is 19.7. The molecule has 0 radical (unpaired) electrons. The molecule has 2 aromatic carbocycles. The molecule has 3 aliphatic rings. The van der Waals surface area contributed by atoms with Gasteiger partial charge in [-0.05, 0) is 49.2 Å². The van der Waals surface area contributed by atoms with Gasteiger partial charge in [0.05, 0.1) is 36.7 Å². The van der Waals surface area contributed by atoms with Crippen molar-refractivity contribution in [1.29, 1.82) is 0 Å².